The highest BCUT2D eigenvalue weighted by molar-refractivity contribution is 6.30. The first-order chi connectivity index (χ1) is 13.2. The molecule has 1 amide bonds. The zero-order chi connectivity index (χ0) is 18.9. The summed E-state index contributed by atoms with van der Waals surface area (Å²) in [5.74, 6) is 0.105. The summed E-state index contributed by atoms with van der Waals surface area (Å²) < 4.78 is 0. The Labute approximate surface area is 165 Å². The van der Waals surface area contributed by atoms with Gasteiger partial charge in [0.2, 0.25) is 5.91 Å². The molecule has 0 spiro atoms. The number of nitrogens with zero attached hydrogens (tertiary/aromatic N) is 1. The van der Waals surface area contributed by atoms with Crippen LogP contribution in [0, 0.1) is 0 Å². The van der Waals surface area contributed by atoms with Gasteiger partial charge in [0.1, 0.15) is 0 Å². The molecule has 3 nitrogen and oxygen atoms in total. The Morgan fingerprint density at radius 3 is 2.11 bits per heavy atom. The third kappa shape index (κ3) is 5.95. The molecule has 0 heterocycles. The van der Waals surface area contributed by atoms with Gasteiger partial charge in [-0.1, -0.05) is 72.3 Å². The van der Waals surface area contributed by atoms with Crippen molar-refractivity contribution in [2.75, 3.05) is 11.4 Å². The molecule has 0 aliphatic rings. The number of anilines is 1. The van der Waals surface area contributed by atoms with Crippen LogP contribution >= 0.6 is 11.6 Å². The average Bonchev–Trinajstić information content (AvgIpc) is 2.72. The first-order valence-electron chi connectivity index (χ1n) is 9.07. The van der Waals surface area contributed by atoms with Crippen LogP contribution < -0.4 is 10.2 Å². The lowest BCUT2D eigenvalue weighted by Crippen LogP contribution is -2.32. The highest BCUT2D eigenvalue weighted by atomic mass is 35.5. The van der Waals surface area contributed by atoms with Crippen molar-refractivity contribution >= 4 is 23.2 Å². The molecule has 1 N–H and O–H groups in total. The third-order valence-corrected chi connectivity index (χ3v) is 4.56. The number of hydrogen-bond acceptors (Lipinski definition) is 2. The van der Waals surface area contributed by atoms with E-state index < -0.39 is 0 Å². The largest absolute Gasteiger partial charge is 0.312 e. The Kier molecular flexibility index (Phi) is 7.03. The van der Waals surface area contributed by atoms with Gasteiger partial charge in [-0.05, 0) is 35.4 Å². The first-order valence-corrected chi connectivity index (χ1v) is 9.45. The quantitative estimate of drug-likeness (QED) is 0.556. The van der Waals surface area contributed by atoms with Crippen molar-refractivity contribution in [1.82, 2.24) is 5.32 Å². The van der Waals surface area contributed by atoms with Gasteiger partial charge in [-0.2, -0.15) is 0 Å². The van der Waals surface area contributed by atoms with Crippen molar-refractivity contribution in [1.29, 1.82) is 0 Å². The fraction of sp³-hybridized carbons (Fsp3) is 0.174. The lowest BCUT2D eigenvalue weighted by atomic mass is 10.1. The number of halogens is 1. The molecule has 27 heavy (non-hydrogen) atoms. The van der Waals surface area contributed by atoms with Crippen LogP contribution in [0.2, 0.25) is 5.02 Å². The van der Waals surface area contributed by atoms with E-state index in [2.05, 4.69) is 5.32 Å². The highest BCUT2D eigenvalue weighted by Crippen LogP contribution is 2.18. The number of benzene rings is 3. The third-order valence-electron chi connectivity index (χ3n) is 4.31. The van der Waals surface area contributed by atoms with E-state index in [-0.39, 0.29) is 5.91 Å². The van der Waals surface area contributed by atoms with Gasteiger partial charge in [-0.15, -0.1) is 0 Å². The van der Waals surface area contributed by atoms with Crippen molar-refractivity contribution in [3.63, 3.8) is 0 Å². The van der Waals surface area contributed by atoms with Gasteiger partial charge in [-0.25, -0.2) is 0 Å². The summed E-state index contributed by atoms with van der Waals surface area (Å²) in [5, 5.41) is 4.06. The Hall–Kier alpha value is -2.62. The Morgan fingerprint density at radius 2 is 1.44 bits per heavy atom. The second-order valence-electron chi connectivity index (χ2n) is 6.35. The normalized spacial score (nSPS) is 10.6. The predicted molar refractivity (Wildman–Crippen MR) is 112 cm³/mol. The molecule has 0 atom stereocenters. The number of rotatable bonds is 8. The molecule has 0 aromatic heterocycles. The molecule has 3 aromatic rings. The zero-order valence-electron chi connectivity index (χ0n) is 15.1. The number of hydrogen-bond donors (Lipinski definition) is 1. The van der Waals surface area contributed by atoms with Crippen molar-refractivity contribution in [2.24, 2.45) is 0 Å². The highest BCUT2D eigenvalue weighted by Gasteiger charge is 2.15. The molecule has 0 aliphatic heterocycles. The van der Waals surface area contributed by atoms with Crippen LogP contribution in [-0.2, 0) is 17.9 Å². The van der Waals surface area contributed by atoms with Crippen molar-refractivity contribution in [2.45, 2.75) is 19.5 Å². The Morgan fingerprint density at radius 1 is 0.815 bits per heavy atom. The van der Waals surface area contributed by atoms with Crippen LogP contribution in [-0.4, -0.2) is 12.5 Å². The molecule has 0 bridgehead atoms. The summed E-state index contributed by atoms with van der Waals surface area (Å²) in [4.78, 5) is 14.7. The van der Waals surface area contributed by atoms with Gasteiger partial charge in [0.15, 0.2) is 0 Å². The first kappa shape index (κ1) is 19.2. The maximum absolute atomic E-state index is 12.9. The smallest absolute Gasteiger partial charge is 0.228 e. The monoisotopic (exact) mass is 378 g/mol. The molecule has 3 rings (SSSR count). The number of para-hydroxylation sites is 1. The summed E-state index contributed by atoms with van der Waals surface area (Å²) in [6.07, 6.45) is 0.440. The molecule has 0 fully saturated rings. The summed E-state index contributed by atoms with van der Waals surface area (Å²) in [5.41, 5.74) is 3.18. The van der Waals surface area contributed by atoms with E-state index in [9.17, 15) is 4.79 Å². The van der Waals surface area contributed by atoms with Gasteiger partial charge in [-0.3, -0.25) is 4.79 Å². The summed E-state index contributed by atoms with van der Waals surface area (Å²) in [6.45, 7) is 1.91. The van der Waals surface area contributed by atoms with Crippen LogP contribution in [0.4, 0.5) is 5.69 Å². The van der Waals surface area contributed by atoms with Crippen LogP contribution in [0.3, 0.4) is 0 Å². The maximum atomic E-state index is 12.9. The van der Waals surface area contributed by atoms with E-state index in [0.717, 1.165) is 21.8 Å². The summed E-state index contributed by atoms with van der Waals surface area (Å²) >= 11 is 5.90. The molecule has 0 saturated carbocycles. The van der Waals surface area contributed by atoms with E-state index in [4.69, 9.17) is 11.6 Å². The second-order valence-corrected chi connectivity index (χ2v) is 6.79. The number of nitrogens with one attached hydrogen (secondary N) is 1. The summed E-state index contributed by atoms with van der Waals surface area (Å²) in [6, 6.07) is 27.6. The molecule has 0 unspecified atom stereocenters. The van der Waals surface area contributed by atoms with E-state index in [1.54, 1.807) is 0 Å². The minimum absolute atomic E-state index is 0.105. The average molecular weight is 379 g/mol. The molecule has 0 radical (unpaired) electrons. The van der Waals surface area contributed by atoms with Gasteiger partial charge in [0, 0.05) is 30.2 Å². The predicted octanol–water partition coefficient (Wildman–Crippen LogP) is 5.05. The van der Waals surface area contributed by atoms with Gasteiger partial charge in [0.05, 0.1) is 6.54 Å². The second kappa shape index (κ2) is 9.91. The maximum Gasteiger partial charge on any atom is 0.228 e. The molecule has 3 aromatic carbocycles. The van der Waals surface area contributed by atoms with Crippen LogP contribution in [0.5, 0.6) is 0 Å². The molecule has 0 aliphatic carbocycles. The Bertz CT molecular complexity index is 835. The van der Waals surface area contributed by atoms with Crippen molar-refractivity contribution in [3.05, 3.63) is 101 Å². The van der Waals surface area contributed by atoms with Gasteiger partial charge in [0.25, 0.3) is 0 Å². The molecule has 138 valence electrons. The zero-order valence-corrected chi connectivity index (χ0v) is 15.9. The molecular weight excluding hydrogens is 356 g/mol. The molecular formula is C23H23ClN2O. The fourth-order valence-electron chi connectivity index (χ4n) is 2.86. The lowest BCUT2D eigenvalue weighted by Gasteiger charge is -2.23. The van der Waals surface area contributed by atoms with E-state index in [0.29, 0.717) is 26.1 Å². The fourth-order valence-corrected chi connectivity index (χ4v) is 2.99. The number of carbonyl (C=O) groups is 1. The molecule has 4 heteroatoms. The minimum Gasteiger partial charge on any atom is -0.312 e. The van der Waals surface area contributed by atoms with E-state index in [1.165, 1.54) is 0 Å². The van der Waals surface area contributed by atoms with Crippen LogP contribution in [0.25, 0.3) is 0 Å². The van der Waals surface area contributed by atoms with Crippen LogP contribution in [0.1, 0.15) is 17.5 Å². The van der Waals surface area contributed by atoms with E-state index in [1.807, 2.05) is 89.8 Å². The standard InChI is InChI=1S/C23H23ClN2O/c24-21-13-11-19(12-14-21)17-25-16-15-23(27)26(22-9-5-2-6-10-22)18-20-7-3-1-4-8-20/h1-14,25H,15-18H2. The van der Waals surface area contributed by atoms with Crippen molar-refractivity contribution in [3.8, 4) is 0 Å². The molecule has 0 saturated heterocycles. The topological polar surface area (TPSA) is 32.3 Å². The van der Waals surface area contributed by atoms with E-state index >= 15 is 0 Å². The number of amides is 1. The van der Waals surface area contributed by atoms with Gasteiger partial charge >= 0.3 is 0 Å². The minimum atomic E-state index is 0.105. The van der Waals surface area contributed by atoms with Gasteiger partial charge < -0.3 is 10.2 Å². The van der Waals surface area contributed by atoms with Crippen LogP contribution in [0.15, 0.2) is 84.9 Å². The lowest BCUT2D eigenvalue weighted by molar-refractivity contribution is -0.118. The summed E-state index contributed by atoms with van der Waals surface area (Å²) in [7, 11) is 0. The SMILES string of the molecule is O=C(CCNCc1ccc(Cl)cc1)N(Cc1ccccc1)c1ccccc1. The Balaban J connectivity index is 1.58. The number of carbonyl (C=O) groups excluding carboxylic acids is 1. The van der Waals surface area contributed by atoms with Crippen molar-refractivity contribution < 1.29 is 4.79 Å².